The molecule has 0 aromatic heterocycles. The minimum Gasteiger partial charge on any atom is -0.494 e. The molecule has 0 radical (unpaired) electrons. The van der Waals surface area contributed by atoms with Crippen molar-refractivity contribution in [3.63, 3.8) is 0 Å². The standard InChI is InChI=1S/C15H22O3/c1-4-5-6-7-10-18-13-9-8-12(2)14(11-13)15(16)17-3/h8-9,11H,4-7,10H2,1-3H3. The quantitative estimate of drug-likeness (QED) is 0.546. The van der Waals surface area contributed by atoms with Gasteiger partial charge in [0.1, 0.15) is 5.75 Å². The molecule has 0 spiro atoms. The molecular weight excluding hydrogens is 228 g/mol. The average molecular weight is 250 g/mol. The fourth-order valence-electron chi connectivity index (χ4n) is 1.74. The van der Waals surface area contributed by atoms with Gasteiger partial charge in [-0.25, -0.2) is 4.79 Å². The number of aryl methyl sites for hydroxylation is 1. The highest BCUT2D eigenvalue weighted by molar-refractivity contribution is 5.91. The van der Waals surface area contributed by atoms with Crippen molar-refractivity contribution in [3.05, 3.63) is 29.3 Å². The van der Waals surface area contributed by atoms with Crippen LogP contribution < -0.4 is 4.74 Å². The molecule has 100 valence electrons. The van der Waals surface area contributed by atoms with Gasteiger partial charge in [-0.05, 0) is 31.0 Å². The number of hydrogen-bond donors (Lipinski definition) is 0. The van der Waals surface area contributed by atoms with Crippen molar-refractivity contribution in [2.24, 2.45) is 0 Å². The number of esters is 1. The smallest absolute Gasteiger partial charge is 0.338 e. The topological polar surface area (TPSA) is 35.5 Å². The van der Waals surface area contributed by atoms with Crippen molar-refractivity contribution in [1.29, 1.82) is 0 Å². The van der Waals surface area contributed by atoms with Crippen LogP contribution in [0.1, 0.15) is 48.5 Å². The molecule has 18 heavy (non-hydrogen) atoms. The number of methoxy groups -OCH3 is 1. The predicted molar refractivity (Wildman–Crippen MR) is 72.2 cm³/mol. The Morgan fingerprint density at radius 3 is 2.67 bits per heavy atom. The van der Waals surface area contributed by atoms with Crippen LogP contribution >= 0.6 is 0 Å². The number of unbranched alkanes of at least 4 members (excludes halogenated alkanes) is 3. The van der Waals surface area contributed by atoms with Gasteiger partial charge in [0.25, 0.3) is 0 Å². The fraction of sp³-hybridized carbons (Fsp3) is 0.533. The van der Waals surface area contributed by atoms with Gasteiger partial charge in [-0.1, -0.05) is 32.3 Å². The molecule has 0 saturated carbocycles. The number of benzene rings is 1. The van der Waals surface area contributed by atoms with Crippen molar-refractivity contribution in [2.45, 2.75) is 39.5 Å². The highest BCUT2D eigenvalue weighted by Gasteiger charge is 2.10. The average Bonchev–Trinajstić information content (AvgIpc) is 2.39. The van der Waals surface area contributed by atoms with Crippen LogP contribution in [-0.2, 0) is 4.74 Å². The summed E-state index contributed by atoms with van der Waals surface area (Å²) in [7, 11) is 1.39. The highest BCUT2D eigenvalue weighted by Crippen LogP contribution is 2.18. The molecule has 1 aromatic rings. The van der Waals surface area contributed by atoms with Gasteiger partial charge < -0.3 is 9.47 Å². The first-order valence-electron chi connectivity index (χ1n) is 6.50. The zero-order chi connectivity index (χ0) is 13.4. The van der Waals surface area contributed by atoms with Crippen LogP contribution in [0.2, 0.25) is 0 Å². The Morgan fingerprint density at radius 1 is 1.22 bits per heavy atom. The lowest BCUT2D eigenvalue weighted by Gasteiger charge is -2.09. The Labute approximate surface area is 109 Å². The van der Waals surface area contributed by atoms with Gasteiger partial charge in [-0.15, -0.1) is 0 Å². The molecule has 0 saturated heterocycles. The lowest BCUT2D eigenvalue weighted by atomic mass is 10.1. The molecule has 0 atom stereocenters. The first kappa shape index (κ1) is 14.6. The van der Waals surface area contributed by atoms with Crippen molar-refractivity contribution >= 4 is 5.97 Å². The lowest BCUT2D eigenvalue weighted by Crippen LogP contribution is -2.05. The minimum atomic E-state index is -0.316. The van der Waals surface area contributed by atoms with Crippen LogP contribution in [0.3, 0.4) is 0 Å². The summed E-state index contributed by atoms with van der Waals surface area (Å²) in [6.45, 7) is 4.77. The summed E-state index contributed by atoms with van der Waals surface area (Å²) in [5.74, 6) is 0.418. The first-order valence-corrected chi connectivity index (χ1v) is 6.50. The van der Waals surface area contributed by atoms with Gasteiger partial charge in [-0.2, -0.15) is 0 Å². The summed E-state index contributed by atoms with van der Waals surface area (Å²) >= 11 is 0. The molecular formula is C15H22O3. The molecule has 3 nitrogen and oxygen atoms in total. The molecule has 0 unspecified atom stereocenters. The molecule has 1 rings (SSSR count). The second-order valence-corrected chi connectivity index (χ2v) is 4.38. The van der Waals surface area contributed by atoms with E-state index in [0.29, 0.717) is 12.2 Å². The van der Waals surface area contributed by atoms with E-state index >= 15 is 0 Å². The summed E-state index contributed by atoms with van der Waals surface area (Å²) in [4.78, 5) is 11.5. The van der Waals surface area contributed by atoms with E-state index in [9.17, 15) is 4.79 Å². The largest absolute Gasteiger partial charge is 0.494 e. The highest BCUT2D eigenvalue weighted by atomic mass is 16.5. The van der Waals surface area contributed by atoms with E-state index in [1.54, 1.807) is 6.07 Å². The second-order valence-electron chi connectivity index (χ2n) is 4.38. The number of carbonyl (C=O) groups excluding carboxylic acids is 1. The Hall–Kier alpha value is -1.51. The van der Waals surface area contributed by atoms with Gasteiger partial charge in [0.05, 0.1) is 19.3 Å². The van der Waals surface area contributed by atoms with Crippen LogP contribution in [0.25, 0.3) is 0 Å². The van der Waals surface area contributed by atoms with Crippen molar-refractivity contribution in [3.8, 4) is 5.75 Å². The van der Waals surface area contributed by atoms with Crippen LogP contribution in [0.15, 0.2) is 18.2 Å². The number of rotatable bonds is 7. The van der Waals surface area contributed by atoms with Gasteiger partial charge in [0.2, 0.25) is 0 Å². The van der Waals surface area contributed by atoms with Crippen LogP contribution in [0.5, 0.6) is 5.75 Å². The summed E-state index contributed by atoms with van der Waals surface area (Å²) in [6, 6.07) is 5.52. The Kier molecular flexibility index (Phi) is 6.26. The first-order chi connectivity index (χ1) is 8.69. The van der Waals surface area contributed by atoms with E-state index in [2.05, 4.69) is 6.92 Å². The fourth-order valence-corrected chi connectivity index (χ4v) is 1.74. The monoisotopic (exact) mass is 250 g/mol. The van der Waals surface area contributed by atoms with E-state index in [0.717, 1.165) is 17.7 Å². The van der Waals surface area contributed by atoms with Crippen molar-refractivity contribution in [1.82, 2.24) is 0 Å². The molecule has 0 amide bonds. The molecule has 1 aromatic carbocycles. The third-order valence-corrected chi connectivity index (χ3v) is 2.88. The Morgan fingerprint density at radius 2 is 2.00 bits per heavy atom. The van der Waals surface area contributed by atoms with E-state index in [-0.39, 0.29) is 5.97 Å². The van der Waals surface area contributed by atoms with Gasteiger partial charge >= 0.3 is 5.97 Å². The molecule has 0 aliphatic heterocycles. The second kappa shape index (κ2) is 7.75. The van der Waals surface area contributed by atoms with Crippen LogP contribution in [0, 0.1) is 6.92 Å². The SMILES string of the molecule is CCCCCCOc1ccc(C)c(C(=O)OC)c1. The third-order valence-electron chi connectivity index (χ3n) is 2.88. The van der Waals surface area contributed by atoms with E-state index in [1.807, 2.05) is 19.1 Å². The molecule has 0 aliphatic carbocycles. The number of hydrogen-bond acceptors (Lipinski definition) is 3. The normalized spacial score (nSPS) is 10.2. The third kappa shape index (κ3) is 4.40. The Balaban J connectivity index is 2.54. The van der Waals surface area contributed by atoms with E-state index < -0.39 is 0 Å². The number of carbonyl (C=O) groups is 1. The zero-order valence-electron chi connectivity index (χ0n) is 11.5. The number of ether oxygens (including phenoxy) is 2. The van der Waals surface area contributed by atoms with Gasteiger partial charge in [-0.3, -0.25) is 0 Å². The molecule has 0 heterocycles. The maximum Gasteiger partial charge on any atom is 0.338 e. The molecule has 0 aliphatic rings. The minimum absolute atomic E-state index is 0.316. The predicted octanol–water partition coefficient (Wildman–Crippen LogP) is 3.74. The summed E-state index contributed by atoms with van der Waals surface area (Å²) in [6.07, 6.45) is 4.70. The molecule has 0 bridgehead atoms. The lowest BCUT2D eigenvalue weighted by molar-refractivity contribution is 0.0599. The molecule has 3 heteroatoms. The molecule has 0 N–H and O–H groups in total. The Bertz CT molecular complexity index is 385. The van der Waals surface area contributed by atoms with E-state index in [1.165, 1.54) is 26.4 Å². The maximum atomic E-state index is 11.5. The summed E-state index contributed by atoms with van der Waals surface area (Å²) < 4.78 is 10.4. The van der Waals surface area contributed by atoms with Crippen molar-refractivity contribution in [2.75, 3.05) is 13.7 Å². The van der Waals surface area contributed by atoms with Crippen LogP contribution in [-0.4, -0.2) is 19.7 Å². The zero-order valence-corrected chi connectivity index (χ0v) is 11.5. The van der Waals surface area contributed by atoms with E-state index in [4.69, 9.17) is 9.47 Å². The van der Waals surface area contributed by atoms with Crippen LogP contribution in [0.4, 0.5) is 0 Å². The van der Waals surface area contributed by atoms with Gasteiger partial charge in [0.15, 0.2) is 0 Å². The maximum absolute atomic E-state index is 11.5. The summed E-state index contributed by atoms with van der Waals surface area (Å²) in [5, 5.41) is 0. The molecule has 0 fully saturated rings. The van der Waals surface area contributed by atoms with Crippen molar-refractivity contribution < 1.29 is 14.3 Å². The van der Waals surface area contributed by atoms with Gasteiger partial charge in [0, 0.05) is 0 Å². The summed E-state index contributed by atoms with van der Waals surface area (Å²) in [5.41, 5.74) is 1.48.